The number of rotatable bonds is 7. The van der Waals surface area contributed by atoms with Gasteiger partial charge >= 0.3 is 29.8 Å². The van der Waals surface area contributed by atoms with E-state index in [1.54, 1.807) is 0 Å². The van der Waals surface area contributed by atoms with Crippen LogP contribution in [-0.4, -0.2) is 99.9 Å². The van der Waals surface area contributed by atoms with Gasteiger partial charge < -0.3 is 38.6 Å². The van der Waals surface area contributed by atoms with E-state index >= 15 is 0 Å². The van der Waals surface area contributed by atoms with Gasteiger partial charge in [-0.05, 0) is 32.1 Å². The molecule has 14 heteroatoms. The van der Waals surface area contributed by atoms with Crippen LogP contribution in [0.4, 0.5) is 0 Å². The maximum absolute atomic E-state index is 13.2. The highest BCUT2D eigenvalue weighted by atomic mass is 35.5. The molecular formula is C32H45ClO13. The minimum Gasteiger partial charge on any atom is -0.462 e. The second kappa shape index (κ2) is 13.0. The average molecular weight is 673 g/mol. The number of hydrogen-bond acceptors (Lipinski definition) is 13. The lowest BCUT2D eigenvalue weighted by molar-refractivity contribution is -0.282. The highest BCUT2D eigenvalue weighted by Gasteiger charge is 2.80. The molecule has 2 saturated heterocycles. The second-order valence-electron chi connectivity index (χ2n) is 13.6. The Kier molecular flexibility index (Phi) is 10.2. The van der Waals surface area contributed by atoms with Crippen LogP contribution in [0, 0.1) is 23.2 Å². The summed E-state index contributed by atoms with van der Waals surface area (Å²) in [5, 5.41) is 23.9. The van der Waals surface area contributed by atoms with Gasteiger partial charge in [0.05, 0.1) is 17.9 Å². The van der Waals surface area contributed by atoms with E-state index < -0.39 is 100 Å². The van der Waals surface area contributed by atoms with E-state index in [1.807, 2.05) is 13.8 Å². The number of aliphatic hydroxyl groups is 2. The molecule has 2 aliphatic heterocycles. The predicted octanol–water partition coefficient (Wildman–Crippen LogP) is 2.15. The van der Waals surface area contributed by atoms with Crippen LogP contribution in [0.2, 0.25) is 0 Å². The van der Waals surface area contributed by atoms with Gasteiger partial charge in [-0.1, -0.05) is 32.9 Å². The minimum atomic E-state index is -2.34. The number of hydrogen-bond donors (Lipinski definition) is 2. The maximum Gasteiger partial charge on any atom is 0.312 e. The zero-order valence-electron chi connectivity index (χ0n) is 27.3. The first-order chi connectivity index (χ1) is 21.3. The molecule has 12 atom stereocenters. The third-order valence-electron chi connectivity index (χ3n) is 10.1. The van der Waals surface area contributed by atoms with E-state index in [0.717, 1.165) is 13.8 Å². The average Bonchev–Trinajstić information content (AvgIpc) is 3.71. The fourth-order valence-corrected chi connectivity index (χ4v) is 7.97. The highest BCUT2D eigenvalue weighted by Crippen LogP contribution is 2.63. The lowest BCUT2D eigenvalue weighted by atomic mass is 9.51. The summed E-state index contributed by atoms with van der Waals surface area (Å²) in [6.45, 7) is 14.1. The molecule has 0 aromatic carbocycles. The fraction of sp³-hybridized carbons (Fsp3) is 0.781. The summed E-state index contributed by atoms with van der Waals surface area (Å²) >= 11 is 6.81. The Morgan fingerprint density at radius 2 is 1.61 bits per heavy atom. The van der Waals surface area contributed by atoms with Crippen molar-refractivity contribution in [3.63, 3.8) is 0 Å². The summed E-state index contributed by atoms with van der Waals surface area (Å²) in [6, 6.07) is 0. The van der Waals surface area contributed by atoms with Gasteiger partial charge in [-0.2, -0.15) is 0 Å². The SMILES string of the molecule is C=C1CC[C@H](OC(C)=O)[C@@]2(C)[C@@H](O)[C@@H](OC(=O)CCC(C)C)[C@@H](OC(C)=O)[C@]3(CO3)[C@@H]2[C@H](OC(C)=O)[C@]2(O)[C@@H](C)C(=O)O[C@H]2[C@H]1Cl. The Morgan fingerprint density at radius 1 is 1.04 bits per heavy atom. The predicted molar refractivity (Wildman–Crippen MR) is 159 cm³/mol. The van der Waals surface area contributed by atoms with Crippen molar-refractivity contribution in [3.8, 4) is 0 Å². The Balaban J connectivity index is 2.01. The van der Waals surface area contributed by atoms with Gasteiger partial charge in [-0.3, -0.25) is 24.0 Å². The van der Waals surface area contributed by atoms with Crippen molar-refractivity contribution >= 4 is 41.4 Å². The van der Waals surface area contributed by atoms with E-state index in [-0.39, 0.29) is 31.8 Å². The van der Waals surface area contributed by atoms with Gasteiger partial charge in [-0.15, -0.1) is 11.6 Å². The third-order valence-corrected chi connectivity index (χ3v) is 10.6. The molecule has 46 heavy (non-hydrogen) atoms. The van der Waals surface area contributed by atoms with E-state index in [1.165, 1.54) is 20.8 Å². The summed E-state index contributed by atoms with van der Waals surface area (Å²) in [5.74, 6) is -6.38. The first-order valence-electron chi connectivity index (χ1n) is 15.6. The molecule has 2 heterocycles. The van der Waals surface area contributed by atoms with Crippen LogP contribution in [0.3, 0.4) is 0 Å². The molecule has 4 aliphatic rings. The summed E-state index contributed by atoms with van der Waals surface area (Å²) in [6.07, 6.45) is -8.53. The Labute approximate surface area is 273 Å². The molecule has 0 aromatic rings. The summed E-state index contributed by atoms with van der Waals surface area (Å²) in [5.41, 5.74) is -5.43. The summed E-state index contributed by atoms with van der Waals surface area (Å²) < 4.78 is 35.1. The van der Waals surface area contributed by atoms with Gasteiger partial charge in [0.2, 0.25) is 0 Å². The topological polar surface area (TPSA) is 184 Å². The van der Waals surface area contributed by atoms with Crippen molar-refractivity contribution < 1.29 is 62.6 Å². The van der Waals surface area contributed by atoms with Gasteiger partial charge in [0.25, 0.3) is 0 Å². The molecule has 0 unspecified atom stereocenters. The standard InChI is InChI=1S/C32H45ClO13/c1-14(2)9-12-21(37)45-23-25(38)30(8)20(42-17(5)34)11-10-15(3)22(33)26-32(40,16(4)29(39)46-26)28(44-19(7)36)24(30)31(13-41-31)27(23)43-18(6)35/h14,16,20,22-28,38,40H,3,9-13H2,1-2,4-8H3/t16-,20-,22-,23+,24+,25-,26-,27+,28-,30+,31-,32-/m0/s1. The first-order valence-corrected chi connectivity index (χ1v) is 16.0. The van der Waals surface area contributed by atoms with Crippen molar-refractivity contribution in [1.29, 1.82) is 0 Å². The maximum atomic E-state index is 13.2. The van der Waals surface area contributed by atoms with Crippen LogP contribution in [0.1, 0.15) is 74.1 Å². The number of esters is 5. The molecule has 2 N–H and O–H groups in total. The van der Waals surface area contributed by atoms with Crippen LogP contribution >= 0.6 is 11.6 Å². The van der Waals surface area contributed by atoms with Crippen LogP contribution in [0.15, 0.2) is 12.2 Å². The number of carbonyl (C=O) groups is 5. The Bertz CT molecular complexity index is 1260. The number of alkyl halides is 1. The monoisotopic (exact) mass is 672 g/mol. The molecule has 0 aromatic heterocycles. The van der Waals surface area contributed by atoms with Gasteiger partial charge in [0.1, 0.15) is 23.9 Å². The van der Waals surface area contributed by atoms with Gasteiger partial charge in [0.15, 0.2) is 23.9 Å². The molecule has 1 spiro atoms. The van der Waals surface area contributed by atoms with E-state index in [4.69, 9.17) is 40.0 Å². The molecule has 258 valence electrons. The van der Waals surface area contributed by atoms with Crippen molar-refractivity contribution in [3.05, 3.63) is 12.2 Å². The van der Waals surface area contributed by atoms with E-state index in [2.05, 4.69) is 6.58 Å². The summed E-state index contributed by atoms with van der Waals surface area (Å²) in [4.78, 5) is 64.2. The molecular weight excluding hydrogens is 628 g/mol. The number of carbonyl (C=O) groups excluding carboxylic acids is 5. The van der Waals surface area contributed by atoms with E-state index in [9.17, 15) is 34.2 Å². The van der Waals surface area contributed by atoms with Crippen LogP contribution < -0.4 is 0 Å². The molecule has 4 fully saturated rings. The smallest absolute Gasteiger partial charge is 0.312 e. The Hall–Kier alpha value is -2.74. The molecule has 13 nitrogen and oxygen atoms in total. The first kappa shape index (κ1) is 36.1. The molecule has 2 aliphatic carbocycles. The van der Waals surface area contributed by atoms with Gasteiger partial charge in [-0.25, -0.2) is 0 Å². The largest absolute Gasteiger partial charge is 0.462 e. The van der Waals surface area contributed by atoms with E-state index in [0.29, 0.717) is 12.0 Å². The van der Waals surface area contributed by atoms with Crippen LogP contribution in [-0.2, 0) is 52.4 Å². The second-order valence-corrected chi connectivity index (χ2v) is 14.1. The normalized spacial score (nSPS) is 41.9. The van der Waals surface area contributed by atoms with Crippen LogP contribution in [0.5, 0.6) is 0 Å². The van der Waals surface area contributed by atoms with Crippen molar-refractivity contribution in [2.75, 3.05) is 6.61 Å². The zero-order chi connectivity index (χ0) is 34.5. The minimum absolute atomic E-state index is 0.000453. The lowest BCUT2D eigenvalue weighted by Gasteiger charge is -2.59. The number of aliphatic hydroxyl groups excluding tert-OH is 1. The molecule has 4 rings (SSSR count). The highest BCUT2D eigenvalue weighted by molar-refractivity contribution is 6.23. The number of halogens is 1. The van der Waals surface area contributed by atoms with Crippen LogP contribution in [0.25, 0.3) is 0 Å². The molecule has 2 saturated carbocycles. The quantitative estimate of drug-likeness (QED) is 0.132. The lowest BCUT2D eigenvalue weighted by Crippen LogP contribution is -2.76. The van der Waals surface area contributed by atoms with Crippen molar-refractivity contribution in [2.45, 2.75) is 127 Å². The number of fused-ring (bicyclic) bond motifs is 3. The van der Waals surface area contributed by atoms with Gasteiger partial charge in [0, 0.05) is 38.5 Å². The number of ether oxygens (including phenoxy) is 6. The molecule has 0 bridgehead atoms. The number of epoxide rings is 1. The zero-order valence-corrected chi connectivity index (χ0v) is 28.0. The third kappa shape index (κ3) is 6.15. The summed E-state index contributed by atoms with van der Waals surface area (Å²) in [7, 11) is 0. The van der Waals surface area contributed by atoms with Crippen molar-refractivity contribution in [2.24, 2.45) is 23.2 Å². The Morgan fingerprint density at radius 3 is 2.13 bits per heavy atom. The fourth-order valence-electron chi connectivity index (χ4n) is 7.61. The molecule has 0 radical (unpaired) electrons. The molecule has 0 amide bonds. The van der Waals surface area contributed by atoms with Crippen molar-refractivity contribution in [1.82, 2.24) is 0 Å².